The zero-order chi connectivity index (χ0) is 16.2. The highest BCUT2D eigenvalue weighted by atomic mass is 32.2. The lowest BCUT2D eigenvalue weighted by Gasteiger charge is -2.32. The maximum Gasteiger partial charge on any atom is 0.387 e. The Kier molecular flexibility index (Phi) is 6.06. The highest BCUT2D eigenvalue weighted by molar-refractivity contribution is 7.99. The minimum absolute atomic E-state index is 0.205. The first-order valence-corrected chi connectivity index (χ1v) is 8.61. The van der Waals surface area contributed by atoms with Crippen LogP contribution < -0.4 is 10.1 Å². The van der Waals surface area contributed by atoms with Crippen LogP contribution in [0, 0.1) is 13.8 Å². The van der Waals surface area contributed by atoms with Gasteiger partial charge in [-0.15, -0.1) is 0 Å². The minimum Gasteiger partial charge on any atom is -0.434 e. The molecule has 0 bridgehead atoms. The van der Waals surface area contributed by atoms with Crippen molar-refractivity contribution in [2.24, 2.45) is 0 Å². The molecule has 0 amide bonds. The molecule has 3 nitrogen and oxygen atoms in total. The van der Waals surface area contributed by atoms with Gasteiger partial charge in [-0.05, 0) is 55.4 Å². The van der Waals surface area contributed by atoms with E-state index in [1.165, 1.54) is 0 Å². The van der Waals surface area contributed by atoms with E-state index >= 15 is 0 Å². The molecule has 2 rings (SSSR count). The van der Waals surface area contributed by atoms with Crippen LogP contribution in [0.25, 0.3) is 0 Å². The molecule has 0 unspecified atom stereocenters. The van der Waals surface area contributed by atoms with E-state index in [0.29, 0.717) is 18.7 Å². The maximum absolute atomic E-state index is 12.5. The van der Waals surface area contributed by atoms with Crippen molar-refractivity contribution in [3.05, 3.63) is 28.8 Å². The van der Waals surface area contributed by atoms with Gasteiger partial charge in [0.05, 0.1) is 5.60 Å². The molecule has 0 aromatic heterocycles. The predicted octanol–water partition coefficient (Wildman–Crippen LogP) is 3.25. The molecule has 22 heavy (non-hydrogen) atoms. The van der Waals surface area contributed by atoms with Crippen molar-refractivity contribution in [1.82, 2.24) is 5.32 Å². The maximum atomic E-state index is 12.5. The summed E-state index contributed by atoms with van der Waals surface area (Å²) in [5.41, 5.74) is 1.96. The Balaban J connectivity index is 2.00. The van der Waals surface area contributed by atoms with E-state index < -0.39 is 12.2 Å². The fraction of sp³-hybridized carbons (Fsp3) is 0.625. The lowest BCUT2D eigenvalue weighted by atomic mass is 9.96. The van der Waals surface area contributed by atoms with Gasteiger partial charge in [0.15, 0.2) is 0 Å². The molecule has 6 heteroatoms. The standard InChI is InChI=1S/C16H23F2NO2S/c1-11-7-13(14(8-12(11)2)21-15(17)18)9-19-10-16(20)3-5-22-6-4-16/h7-8,15,19-20H,3-6,9-10H2,1-2H3. The highest BCUT2D eigenvalue weighted by Crippen LogP contribution is 2.27. The Bertz CT molecular complexity index is 505. The van der Waals surface area contributed by atoms with Gasteiger partial charge in [0, 0.05) is 18.7 Å². The molecule has 1 aliphatic rings. The SMILES string of the molecule is Cc1cc(CNCC2(O)CCSCC2)c(OC(F)F)cc1C. The van der Waals surface area contributed by atoms with Gasteiger partial charge in [-0.2, -0.15) is 20.5 Å². The molecule has 0 aliphatic carbocycles. The van der Waals surface area contributed by atoms with Crippen molar-refractivity contribution in [3.63, 3.8) is 0 Å². The monoisotopic (exact) mass is 331 g/mol. The molecule has 0 spiro atoms. The van der Waals surface area contributed by atoms with Gasteiger partial charge in [0.2, 0.25) is 0 Å². The highest BCUT2D eigenvalue weighted by Gasteiger charge is 2.28. The fourth-order valence-electron chi connectivity index (χ4n) is 2.55. The molecule has 1 heterocycles. The second-order valence-corrected chi connectivity index (χ2v) is 7.09. The number of hydrogen-bond donors (Lipinski definition) is 2. The number of aliphatic hydroxyl groups is 1. The Hall–Kier alpha value is -0.850. The number of benzene rings is 1. The second-order valence-electron chi connectivity index (χ2n) is 5.86. The fourth-order valence-corrected chi connectivity index (χ4v) is 3.80. The number of nitrogens with one attached hydrogen (secondary N) is 1. The number of aryl methyl sites for hydroxylation is 2. The molecule has 124 valence electrons. The van der Waals surface area contributed by atoms with Crippen molar-refractivity contribution in [2.45, 2.75) is 45.4 Å². The molecule has 1 aromatic carbocycles. The number of hydrogen-bond acceptors (Lipinski definition) is 4. The second kappa shape index (κ2) is 7.62. The molecule has 1 fully saturated rings. The van der Waals surface area contributed by atoms with Crippen LogP contribution in [-0.2, 0) is 6.54 Å². The van der Waals surface area contributed by atoms with Crippen LogP contribution in [-0.4, -0.2) is 35.4 Å². The van der Waals surface area contributed by atoms with Crippen molar-refractivity contribution >= 4 is 11.8 Å². The molecule has 1 aromatic rings. The van der Waals surface area contributed by atoms with Crippen molar-refractivity contribution < 1.29 is 18.6 Å². The first-order valence-electron chi connectivity index (χ1n) is 7.45. The van der Waals surface area contributed by atoms with Gasteiger partial charge in [-0.3, -0.25) is 0 Å². The molecule has 1 aliphatic heterocycles. The smallest absolute Gasteiger partial charge is 0.387 e. The topological polar surface area (TPSA) is 41.5 Å². The third kappa shape index (κ3) is 4.83. The summed E-state index contributed by atoms with van der Waals surface area (Å²) in [6.07, 6.45) is 1.52. The third-order valence-electron chi connectivity index (χ3n) is 4.09. The summed E-state index contributed by atoms with van der Waals surface area (Å²) < 4.78 is 29.7. The van der Waals surface area contributed by atoms with E-state index in [9.17, 15) is 13.9 Å². The van der Waals surface area contributed by atoms with Crippen LogP contribution in [0.4, 0.5) is 8.78 Å². The van der Waals surface area contributed by atoms with Gasteiger partial charge in [-0.25, -0.2) is 0 Å². The Morgan fingerprint density at radius 1 is 1.27 bits per heavy atom. The number of halogens is 2. The van der Waals surface area contributed by atoms with Crippen LogP contribution in [0.3, 0.4) is 0 Å². The van der Waals surface area contributed by atoms with Crippen LogP contribution in [0.1, 0.15) is 29.5 Å². The molecule has 0 saturated carbocycles. The summed E-state index contributed by atoms with van der Waals surface area (Å²) in [5.74, 6) is 2.13. The number of thioether (sulfide) groups is 1. The first kappa shape index (κ1) is 17.5. The van der Waals surface area contributed by atoms with E-state index in [2.05, 4.69) is 10.1 Å². The van der Waals surface area contributed by atoms with E-state index in [1.54, 1.807) is 6.07 Å². The van der Waals surface area contributed by atoms with Gasteiger partial charge in [0.25, 0.3) is 0 Å². The molecular weight excluding hydrogens is 308 g/mol. The largest absolute Gasteiger partial charge is 0.434 e. The van der Waals surface area contributed by atoms with Crippen LogP contribution in [0.15, 0.2) is 12.1 Å². The zero-order valence-corrected chi connectivity index (χ0v) is 13.8. The van der Waals surface area contributed by atoms with Gasteiger partial charge in [0.1, 0.15) is 5.75 Å². The van der Waals surface area contributed by atoms with Gasteiger partial charge >= 0.3 is 6.61 Å². The number of ether oxygens (including phenoxy) is 1. The predicted molar refractivity (Wildman–Crippen MR) is 85.8 cm³/mol. The van der Waals surface area contributed by atoms with E-state index in [0.717, 1.165) is 35.5 Å². The van der Waals surface area contributed by atoms with Gasteiger partial charge < -0.3 is 15.2 Å². The average Bonchev–Trinajstić information content (AvgIpc) is 2.44. The number of rotatable bonds is 6. The van der Waals surface area contributed by atoms with E-state index in [-0.39, 0.29) is 5.75 Å². The first-order chi connectivity index (χ1) is 10.4. The van der Waals surface area contributed by atoms with Crippen molar-refractivity contribution in [3.8, 4) is 5.75 Å². The van der Waals surface area contributed by atoms with E-state index in [4.69, 9.17) is 0 Å². The van der Waals surface area contributed by atoms with Crippen molar-refractivity contribution in [2.75, 3.05) is 18.1 Å². The summed E-state index contributed by atoms with van der Waals surface area (Å²) in [6, 6.07) is 3.51. The van der Waals surface area contributed by atoms with Gasteiger partial charge in [-0.1, -0.05) is 6.07 Å². The third-order valence-corrected chi connectivity index (χ3v) is 5.07. The molecule has 0 radical (unpaired) electrons. The number of alkyl halides is 2. The van der Waals surface area contributed by atoms with Crippen molar-refractivity contribution in [1.29, 1.82) is 0 Å². The van der Waals surface area contributed by atoms with Crippen LogP contribution in [0.5, 0.6) is 5.75 Å². The summed E-state index contributed by atoms with van der Waals surface area (Å²) >= 11 is 1.85. The minimum atomic E-state index is -2.83. The quantitative estimate of drug-likeness (QED) is 0.840. The molecule has 2 N–H and O–H groups in total. The Morgan fingerprint density at radius 2 is 1.91 bits per heavy atom. The lowest BCUT2D eigenvalue weighted by molar-refractivity contribution is -0.0506. The molecular formula is C16H23F2NO2S. The average molecular weight is 331 g/mol. The Labute approximate surface area is 134 Å². The zero-order valence-electron chi connectivity index (χ0n) is 13.0. The Morgan fingerprint density at radius 3 is 2.55 bits per heavy atom. The van der Waals surface area contributed by atoms with Crippen LogP contribution >= 0.6 is 11.8 Å². The summed E-state index contributed by atoms with van der Waals surface area (Å²) in [5, 5.41) is 13.6. The summed E-state index contributed by atoms with van der Waals surface area (Å²) in [4.78, 5) is 0. The van der Waals surface area contributed by atoms with E-state index in [1.807, 2.05) is 31.7 Å². The summed E-state index contributed by atoms with van der Waals surface area (Å²) in [7, 11) is 0. The molecule has 1 saturated heterocycles. The summed E-state index contributed by atoms with van der Waals surface area (Å²) in [6.45, 7) is 1.85. The van der Waals surface area contributed by atoms with Crippen LogP contribution in [0.2, 0.25) is 0 Å². The lowest BCUT2D eigenvalue weighted by Crippen LogP contribution is -2.43. The normalized spacial score (nSPS) is 17.7. The molecule has 0 atom stereocenters.